The van der Waals surface area contributed by atoms with Gasteiger partial charge in [0.25, 0.3) is 0 Å². The highest BCUT2D eigenvalue weighted by molar-refractivity contribution is 5.75. The van der Waals surface area contributed by atoms with Crippen LogP contribution in [0.5, 0.6) is 0 Å². The molecule has 10 nitrogen and oxygen atoms in total. The molecule has 1 aliphatic heterocycles. The average molecular weight is 324 g/mol. The number of aliphatic hydroxyl groups is 5. The molecule has 0 bridgehead atoms. The van der Waals surface area contributed by atoms with Gasteiger partial charge in [-0.25, -0.2) is 0 Å². The quantitative estimate of drug-likeness (QED) is 0.226. The van der Waals surface area contributed by atoms with Crippen LogP contribution < -0.4 is 11.5 Å². The molecule has 1 heterocycles. The van der Waals surface area contributed by atoms with Crippen LogP contribution in [0.3, 0.4) is 0 Å². The highest BCUT2D eigenvalue weighted by Crippen LogP contribution is 2.22. The molecule has 0 aromatic heterocycles. The maximum absolute atomic E-state index is 11.8. The van der Waals surface area contributed by atoms with Gasteiger partial charge in [-0.05, 0) is 12.8 Å². The van der Waals surface area contributed by atoms with Gasteiger partial charge in [0, 0.05) is 6.54 Å². The minimum absolute atomic E-state index is 0.0362. The molecule has 0 aromatic carbocycles. The minimum Gasteiger partial charge on any atom is -0.432 e. The fourth-order valence-corrected chi connectivity index (χ4v) is 1.97. The molecule has 1 aliphatic rings. The van der Waals surface area contributed by atoms with Gasteiger partial charge >= 0.3 is 5.97 Å². The first kappa shape index (κ1) is 19.2. The lowest BCUT2D eigenvalue weighted by Crippen LogP contribution is -2.60. The van der Waals surface area contributed by atoms with Gasteiger partial charge in [0.05, 0.1) is 12.7 Å². The Morgan fingerprint density at radius 3 is 2.36 bits per heavy atom. The summed E-state index contributed by atoms with van der Waals surface area (Å²) in [5.41, 5.74) is 10.8. The predicted molar refractivity (Wildman–Crippen MR) is 72.1 cm³/mol. The zero-order valence-electron chi connectivity index (χ0n) is 12.0. The second-order valence-corrected chi connectivity index (χ2v) is 5.21. The van der Waals surface area contributed by atoms with Gasteiger partial charge in [0.1, 0.15) is 30.5 Å². The van der Waals surface area contributed by atoms with Gasteiger partial charge in [-0.3, -0.25) is 4.79 Å². The lowest BCUT2D eigenvalue weighted by molar-refractivity contribution is -0.293. The molecule has 0 aromatic rings. The monoisotopic (exact) mass is 324 g/mol. The van der Waals surface area contributed by atoms with Crippen molar-refractivity contribution in [3.05, 3.63) is 0 Å². The summed E-state index contributed by atoms with van der Waals surface area (Å²) in [7, 11) is 0. The Bertz CT molecular complexity index is 356. The van der Waals surface area contributed by atoms with Crippen LogP contribution in [0.2, 0.25) is 0 Å². The van der Waals surface area contributed by atoms with Gasteiger partial charge in [-0.2, -0.15) is 0 Å². The highest BCUT2D eigenvalue weighted by Gasteiger charge is 2.45. The van der Waals surface area contributed by atoms with E-state index in [2.05, 4.69) is 0 Å². The average Bonchev–Trinajstić information content (AvgIpc) is 2.52. The normalized spacial score (nSPS) is 35.0. The van der Waals surface area contributed by atoms with E-state index in [9.17, 15) is 25.2 Å². The zero-order chi connectivity index (χ0) is 16.9. The number of rotatable bonds is 7. The summed E-state index contributed by atoms with van der Waals surface area (Å²) in [5.74, 6) is -0.909. The highest BCUT2D eigenvalue weighted by atomic mass is 16.7. The second-order valence-electron chi connectivity index (χ2n) is 5.21. The number of aliphatic hydroxyl groups excluding tert-OH is 5. The second kappa shape index (κ2) is 8.70. The van der Waals surface area contributed by atoms with E-state index in [4.69, 9.17) is 26.0 Å². The van der Waals surface area contributed by atoms with E-state index in [1.165, 1.54) is 0 Å². The molecule has 0 amide bonds. The molecule has 22 heavy (non-hydrogen) atoms. The smallest absolute Gasteiger partial charge is 0.325 e. The lowest BCUT2D eigenvalue weighted by Gasteiger charge is -2.39. The molecule has 10 heteroatoms. The number of hydrogen-bond acceptors (Lipinski definition) is 10. The van der Waals surface area contributed by atoms with Crippen molar-refractivity contribution < 1.29 is 39.8 Å². The number of ether oxygens (including phenoxy) is 2. The van der Waals surface area contributed by atoms with Crippen molar-refractivity contribution >= 4 is 5.97 Å². The van der Waals surface area contributed by atoms with Crippen LogP contribution in [-0.2, 0) is 14.3 Å². The van der Waals surface area contributed by atoms with Gasteiger partial charge < -0.3 is 46.5 Å². The Balaban J connectivity index is 2.55. The van der Waals surface area contributed by atoms with Crippen molar-refractivity contribution in [1.29, 1.82) is 0 Å². The lowest BCUT2D eigenvalue weighted by atomic mass is 9.99. The Hall–Kier alpha value is -0.850. The van der Waals surface area contributed by atoms with E-state index in [-0.39, 0.29) is 19.4 Å². The molecular formula is C12H24N2O8. The molecule has 0 radical (unpaired) electrons. The number of carbonyl (C=O) groups is 1. The molecule has 1 saturated heterocycles. The van der Waals surface area contributed by atoms with Gasteiger partial charge in [0.2, 0.25) is 6.29 Å². The van der Waals surface area contributed by atoms with Crippen molar-refractivity contribution in [2.45, 2.75) is 55.7 Å². The van der Waals surface area contributed by atoms with Crippen molar-refractivity contribution in [2.75, 3.05) is 13.2 Å². The number of esters is 1. The molecular weight excluding hydrogens is 300 g/mol. The molecule has 7 atom stereocenters. The summed E-state index contributed by atoms with van der Waals surface area (Å²) in [6.45, 7) is -0.595. The molecule has 1 fully saturated rings. The maximum atomic E-state index is 11.8. The topological polar surface area (TPSA) is 189 Å². The SMILES string of the molecule is NC[C@H](O)CC[C@H](N)C(=O)OC1O[C@H](CO)[C@H](O)[C@H](O)[C@H]1O. The van der Waals surface area contributed by atoms with Crippen molar-refractivity contribution in [3.63, 3.8) is 0 Å². The Morgan fingerprint density at radius 2 is 1.82 bits per heavy atom. The van der Waals surface area contributed by atoms with Gasteiger partial charge in [-0.1, -0.05) is 0 Å². The number of carbonyl (C=O) groups excluding carboxylic acids is 1. The summed E-state index contributed by atoms with van der Waals surface area (Å²) >= 11 is 0. The molecule has 0 spiro atoms. The maximum Gasteiger partial charge on any atom is 0.325 e. The largest absolute Gasteiger partial charge is 0.432 e. The van der Waals surface area contributed by atoms with Gasteiger partial charge in [-0.15, -0.1) is 0 Å². The third-order valence-corrected chi connectivity index (χ3v) is 3.47. The Labute approximate surface area is 127 Å². The van der Waals surface area contributed by atoms with Crippen LogP contribution in [0.15, 0.2) is 0 Å². The van der Waals surface area contributed by atoms with Crippen LogP contribution in [0, 0.1) is 0 Å². The summed E-state index contributed by atoms with van der Waals surface area (Å²) < 4.78 is 9.87. The number of nitrogens with two attached hydrogens (primary N) is 2. The standard InChI is InChI=1S/C12H24N2O8/c13-3-5(16)1-2-6(14)11(20)22-12-10(19)9(18)8(17)7(4-15)21-12/h5-10,12,15-19H,1-4,13-14H2/t5-,6+,7-,8+,9+,10-,12?/m1/s1. The van der Waals surface area contributed by atoms with Crippen LogP contribution in [0.4, 0.5) is 0 Å². The first-order valence-electron chi connectivity index (χ1n) is 6.96. The van der Waals surface area contributed by atoms with Crippen LogP contribution in [0.1, 0.15) is 12.8 Å². The zero-order valence-corrected chi connectivity index (χ0v) is 12.0. The molecule has 130 valence electrons. The van der Waals surface area contributed by atoms with Crippen LogP contribution in [0.25, 0.3) is 0 Å². The first-order chi connectivity index (χ1) is 10.3. The van der Waals surface area contributed by atoms with E-state index in [1.54, 1.807) is 0 Å². The summed E-state index contributed by atoms with van der Waals surface area (Å²) in [6.07, 6.45) is -8.08. The van der Waals surface area contributed by atoms with Crippen molar-refractivity contribution in [1.82, 2.24) is 0 Å². The van der Waals surface area contributed by atoms with Gasteiger partial charge in [0.15, 0.2) is 0 Å². The van der Waals surface area contributed by atoms with Crippen molar-refractivity contribution in [3.8, 4) is 0 Å². The first-order valence-corrected chi connectivity index (χ1v) is 6.96. The summed E-state index contributed by atoms with van der Waals surface area (Å²) in [4.78, 5) is 11.8. The third kappa shape index (κ3) is 4.83. The Morgan fingerprint density at radius 1 is 1.18 bits per heavy atom. The van der Waals surface area contributed by atoms with E-state index >= 15 is 0 Å². The van der Waals surface area contributed by atoms with Crippen LogP contribution >= 0.6 is 0 Å². The number of hydrogen-bond donors (Lipinski definition) is 7. The third-order valence-electron chi connectivity index (χ3n) is 3.47. The molecule has 1 unspecified atom stereocenters. The molecule has 1 rings (SSSR count). The minimum atomic E-state index is -1.68. The summed E-state index contributed by atoms with van der Waals surface area (Å²) in [5, 5.41) is 47.2. The molecule has 0 saturated carbocycles. The van der Waals surface area contributed by atoms with E-state index < -0.39 is 55.4 Å². The van der Waals surface area contributed by atoms with Crippen LogP contribution in [-0.4, -0.2) is 87.5 Å². The molecule has 9 N–H and O–H groups in total. The summed E-state index contributed by atoms with van der Waals surface area (Å²) in [6, 6.07) is -1.08. The predicted octanol–water partition coefficient (Wildman–Crippen LogP) is -4.24. The van der Waals surface area contributed by atoms with Crippen molar-refractivity contribution in [2.24, 2.45) is 11.5 Å². The van der Waals surface area contributed by atoms with E-state index in [1.807, 2.05) is 0 Å². The van der Waals surface area contributed by atoms with E-state index in [0.717, 1.165) is 0 Å². The fourth-order valence-electron chi connectivity index (χ4n) is 1.97. The fraction of sp³-hybridized carbons (Fsp3) is 0.917. The molecule has 0 aliphatic carbocycles. The Kier molecular flexibility index (Phi) is 7.59. The van der Waals surface area contributed by atoms with E-state index in [0.29, 0.717) is 0 Å².